The molecule has 20 heavy (non-hydrogen) atoms. The normalized spacial score (nSPS) is 12.2. The highest BCUT2D eigenvalue weighted by Crippen LogP contribution is 2.22. The predicted octanol–water partition coefficient (Wildman–Crippen LogP) is 2.71. The number of halogens is 1. The van der Waals surface area contributed by atoms with Crippen molar-refractivity contribution < 1.29 is 14.2 Å². The first-order chi connectivity index (χ1) is 9.61. The minimum absolute atomic E-state index is 0.00233. The minimum Gasteiger partial charge on any atom is -0.487 e. The average molecular weight is 275 g/mol. The minimum atomic E-state index is -0.804. The van der Waals surface area contributed by atoms with Crippen molar-refractivity contribution in [2.45, 2.75) is 19.6 Å². The van der Waals surface area contributed by atoms with Crippen LogP contribution >= 0.6 is 0 Å². The number of aliphatic hydroxyl groups is 1. The topological polar surface area (TPSA) is 55.5 Å². The van der Waals surface area contributed by atoms with E-state index in [1.54, 1.807) is 37.3 Å². The van der Waals surface area contributed by atoms with Gasteiger partial charge in [0.2, 0.25) is 0 Å². The van der Waals surface area contributed by atoms with Gasteiger partial charge in [-0.1, -0.05) is 36.4 Å². The SMILES string of the molecule is Cc1cccc(OCC(O)c2ccc(CN)cc2)c1F. The molecule has 0 spiro atoms. The van der Waals surface area contributed by atoms with Crippen LogP contribution in [0.4, 0.5) is 4.39 Å². The highest BCUT2D eigenvalue weighted by atomic mass is 19.1. The van der Waals surface area contributed by atoms with Crippen molar-refractivity contribution in [1.82, 2.24) is 0 Å². The number of benzene rings is 2. The maximum atomic E-state index is 13.7. The van der Waals surface area contributed by atoms with Gasteiger partial charge in [-0.25, -0.2) is 4.39 Å². The van der Waals surface area contributed by atoms with Gasteiger partial charge in [-0.2, -0.15) is 0 Å². The van der Waals surface area contributed by atoms with E-state index in [-0.39, 0.29) is 12.4 Å². The Labute approximate surface area is 117 Å². The van der Waals surface area contributed by atoms with Gasteiger partial charge < -0.3 is 15.6 Å². The summed E-state index contributed by atoms with van der Waals surface area (Å²) in [6.07, 6.45) is -0.804. The molecule has 0 aliphatic carbocycles. The molecule has 2 aromatic rings. The Balaban J connectivity index is 2.00. The molecule has 0 saturated heterocycles. The Hall–Kier alpha value is -1.91. The molecule has 2 aromatic carbocycles. The molecule has 0 heterocycles. The fourth-order valence-electron chi connectivity index (χ4n) is 1.87. The molecule has 0 bridgehead atoms. The van der Waals surface area contributed by atoms with Gasteiger partial charge in [-0.3, -0.25) is 0 Å². The molecule has 0 amide bonds. The molecule has 3 nitrogen and oxygen atoms in total. The smallest absolute Gasteiger partial charge is 0.167 e. The number of hydrogen-bond donors (Lipinski definition) is 2. The van der Waals surface area contributed by atoms with Gasteiger partial charge in [-0.15, -0.1) is 0 Å². The van der Waals surface area contributed by atoms with Crippen LogP contribution in [0.15, 0.2) is 42.5 Å². The Morgan fingerprint density at radius 2 is 1.90 bits per heavy atom. The number of rotatable bonds is 5. The molecule has 4 heteroatoms. The van der Waals surface area contributed by atoms with Crippen molar-refractivity contribution in [1.29, 1.82) is 0 Å². The lowest BCUT2D eigenvalue weighted by Crippen LogP contribution is -2.11. The van der Waals surface area contributed by atoms with Crippen LogP contribution in [0.25, 0.3) is 0 Å². The molecule has 1 atom stereocenters. The Kier molecular flexibility index (Phi) is 4.71. The summed E-state index contributed by atoms with van der Waals surface area (Å²) >= 11 is 0. The van der Waals surface area contributed by atoms with E-state index in [2.05, 4.69) is 0 Å². The third-order valence-corrected chi connectivity index (χ3v) is 3.15. The van der Waals surface area contributed by atoms with Crippen LogP contribution in [0.3, 0.4) is 0 Å². The molecule has 1 unspecified atom stereocenters. The molecule has 0 saturated carbocycles. The summed E-state index contributed by atoms with van der Waals surface area (Å²) in [6, 6.07) is 12.2. The summed E-state index contributed by atoms with van der Waals surface area (Å²) < 4.78 is 19.1. The van der Waals surface area contributed by atoms with E-state index >= 15 is 0 Å². The third kappa shape index (κ3) is 3.35. The largest absolute Gasteiger partial charge is 0.487 e. The summed E-state index contributed by atoms with van der Waals surface area (Å²) in [6.45, 7) is 2.13. The number of hydrogen-bond acceptors (Lipinski definition) is 3. The van der Waals surface area contributed by atoms with Gasteiger partial charge in [-0.05, 0) is 29.7 Å². The third-order valence-electron chi connectivity index (χ3n) is 3.15. The maximum Gasteiger partial charge on any atom is 0.167 e. The lowest BCUT2D eigenvalue weighted by molar-refractivity contribution is 0.106. The van der Waals surface area contributed by atoms with Gasteiger partial charge in [0.1, 0.15) is 12.7 Å². The van der Waals surface area contributed by atoms with Crippen LogP contribution < -0.4 is 10.5 Å². The summed E-state index contributed by atoms with van der Waals surface area (Å²) in [5.41, 5.74) is 7.74. The van der Waals surface area contributed by atoms with E-state index < -0.39 is 11.9 Å². The van der Waals surface area contributed by atoms with Gasteiger partial charge in [0.25, 0.3) is 0 Å². The summed E-state index contributed by atoms with van der Waals surface area (Å²) in [7, 11) is 0. The first-order valence-electron chi connectivity index (χ1n) is 6.46. The van der Waals surface area contributed by atoms with Crippen LogP contribution in [-0.4, -0.2) is 11.7 Å². The second-order valence-electron chi connectivity index (χ2n) is 4.66. The quantitative estimate of drug-likeness (QED) is 0.882. The van der Waals surface area contributed by atoms with Crippen LogP contribution in [0, 0.1) is 12.7 Å². The summed E-state index contributed by atoms with van der Waals surface area (Å²) in [5.74, 6) is -0.235. The van der Waals surface area contributed by atoms with E-state index in [0.717, 1.165) is 11.1 Å². The van der Waals surface area contributed by atoms with Gasteiger partial charge in [0, 0.05) is 6.54 Å². The monoisotopic (exact) mass is 275 g/mol. The first kappa shape index (κ1) is 14.5. The van der Waals surface area contributed by atoms with Crippen molar-refractivity contribution in [3.05, 3.63) is 65.0 Å². The molecule has 0 fully saturated rings. The highest BCUT2D eigenvalue weighted by molar-refractivity contribution is 5.30. The molecular weight excluding hydrogens is 257 g/mol. The Morgan fingerprint density at radius 3 is 2.55 bits per heavy atom. The molecule has 3 N–H and O–H groups in total. The molecule has 0 radical (unpaired) electrons. The van der Waals surface area contributed by atoms with Crippen LogP contribution in [-0.2, 0) is 6.54 Å². The fraction of sp³-hybridized carbons (Fsp3) is 0.250. The fourth-order valence-corrected chi connectivity index (χ4v) is 1.87. The van der Waals surface area contributed by atoms with Crippen molar-refractivity contribution in [3.8, 4) is 5.75 Å². The van der Waals surface area contributed by atoms with E-state index in [4.69, 9.17) is 10.5 Å². The second kappa shape index (κ2) is 6.50. The Morgan fingerprint density at radius 1 is 1.20 bits per heavy atom. The molecule has 0 aliphatic heterocycles. The van der Waals surface area contributed by atoms with Gasteiger partial charge in [0.05, 0.1) is 0 Å². The highest BCUT2D eigenvalue weighted by Gasteiger charge is 2.11. The molecule has 2 rings (SSSR count). The van der Waals surface area contributed by atoms with Crippen molar-refractivity contribution in [2.24, 2.45) is 5.73 Å². The van der Waals surface area contributed by atoms with E-state index in [1.807, 2.05) is 12.1 Å². The van der Waals surface area contributed by atoms with Crippen molar-refractivity contribution in [3.63, 3.8) is 0 Å². The number of aliphatic hydroxyl groups excluding tert-OH is 1. The van der Waals surface area contributed by atoms with Crippen LogP contribution in [0.2, 0.25) is 0 Å². The first-order valence-corrected chi connectivity index (χ1v) is 6.46. The van der Waals surface area contributed by atoms with E-state index in [1.165, 1.54) is 0 Å². The zero-order valence-corrected chi connectivity index (χ0v) is 11.3. The van der Waals surface area contributed by atoms with E-state index in [9.17, 15) is 9.50 Å². The summed E-state index contributed by atoms with van der Waals surface area (Å²) in [5, 5.41) is 10.0. The average Bonchev–Trinajstić information content (AvgIpc) is 2.48. The van der Waals surface area contributed by atoms with Crippen LogP contribution in [0.5, 0.6) is 5.75 Å². The zero-order chi connectivity index (χ0) is 14.5. The lowest BCUT2D eigenvalue weighted by atomic mass is 10.1. The van der Waals surface area contributed by atoms with Gasteiger partial charge >= 0.3 is 0 Å². The molecule has 0 aromatic heterocycles. The van der Waals surface area contributed by atoms with Crippen molar-refractivity contribution in [2.75, 3.05) is 6.61 Å². The maximum absolute atomic E-state index is 13.7. The Bertz CT molecular complexity index is 569. The summed E-state index contributed by atoms with van der Waals surface area (Å²) in [4.78, 5) is 0. The lowest BCUT2D eigenvalue weighted by Gasteiger charge is -2.14. The standard InChI is InChI=1S/C16H18FNO2/c1-11-3-2-4-15(16(11)17)20-10-14(19)13-7-5-12(9-18)6-8-13/h2-8,14,19H,9-10,18H2,1H3. The van der Waals surface area contributed by atoms with Gasteiger partial charge in [0.15, 0.2) is 11.6 Å². The van der Waals surface area contributed by atoms with Crippen molar-refractivity contribution >= 4 is 0 Å². The number of aryl methyl sites for hydroxylation is 1. The second-order valence-corrected chi connectivity index (χ2v) is 4.66. The van der Waals surface area contributed by atoms with E-state index in [0.29, 0.717) is 12.1 Å². The zero-order valence-electron chi connectivity index (χ0n) is 11.3. The number of ether oxygens (including phenoxy) is 1. The predicted molar refractivity (Wildman–Crippen MR) is 75.9 cm³/mol. The van der Waals surface area contributed by atoms with Crippen LogP contribution in [0.1, 0.15) is 22.8 Å². The molecule has 106 valence electrons. The number of nitrogens with two attached hydrogens (primary N) is 1. The molecular formula is C16H18FNO2. The molecule has 0 aliphatic rings.